The van der Waals surface area contributed by atoms with Crippen molar-refractivity contribution >= 4 is 12.6 Å². The SMILES string of the molecule is COc1c(C)cc(B2OC(C)(C)C(C)(C)O2)cc1F. The van der Waals surface area contributed by atoms with Gasteiger partial charge in [-0.15, -0.1) is 0 Å². The van der Waals surface area contributed by atoms with E-state index in [0.717, 1.165) is 5.56 Å². The molecule has 19 heavy (non-hydrogen) atoms. The van der Waals surface area contributed by atoms with Crippen LogP contribution in [-0.4, -0.2) is 25.4 Å². The zero-order valence-electron chi connectivity index (χ0n) is 12.3. The van der Waals surface area contributed by atoms with Crippen LogP contribution < -0.4 is 10.2 Å². The standard InChI is InChI=1S/C14H20BFO3/c1-9-7-10(8-11(16)12(9)17-6)15-18-13(2,3)14(4,5)19-15/h7-8H,1-6H3. The van der Waals surface area contributed by atoms with Crippen molar-refractivity contribution in [3.05, 3.63) is 23.5 Å². The average Bonchev–Trinajstić information content (AvgIpc) is 2.47. The van der Waals surface area contributed by atoms with Crippen LogP contribution in [-0.2, 0) is 9.31 Å². The Morgan fingerprint density at radius 3 is 2.05 bits per heavy atom. The van der Waals surface area contributed by atoms with Gasteiger partial charge in [0.25, 0.3) is 0 Å². The summed E-state index contributed by atoms with van der Waals surface area (Å²) in [5.74, 6) is -0.132. The summed E-state index contributed by atoms with van der Waals surface area (Å²) in [5.41, 5.74) is 0.547. The molecule has 1 aromatic rings. The molecule has 0 bridgehead atoms. The maximum atomic E-state index is 13.9. The molecular weight excluding hydrogens is 246 g/mol. The Bertz CT molecular complexity index is 460. The zero-order chi connectivity index (χ0) is 14.4. The van der Waals surface area contributed by atoms with Crippen LogP contribution in [0.3, 0.4) is 0 Å². The number of aryl methyl sites for hydroxylation is 1. The van der Waals surface area contributed by atoms with E-state index >= 15 is 0 Å². The molecule has 1 aliphatic rings. The molecule has 0 aromatic heterocycles. The summed E-state index contributed by atoms with van der Waals surface area (Å²) < 4.78 is 30.7. The number of ether oxygens (including phenoxy) is 1. The van der Waals surface area contributed by atoms with Crippen molar-refractivity contribution in [2.75, 3.05) is 7.11 Å². The Balaban J connectivity index is 2.35. The third-order valence-electron chi connectivity index (χ3n) is 3.98. The molecule has 1 saturated heterocycles. The smallest absolute Gasteiger partial charge is 0.493 e. The van der Waals surface area contributed by atoms with E-state index < -0.39 is 24.1 Å². The molecule has 3 nitrogen and oxygen atoms in total. The highest BCUT2D eigenvalue weighted by molar-refractivity contribution is 6.62. The first-order valence-electron chi connectivity index (χ1n) is 6.37. The molecular formula is C14H20BFO3. The van der Waals surface area contributed by atoms with Crippen LogP contribution in [0.1, 0.15) is 33.3 Å². The minimum atomic E-state index is -0.552. The van der Waals surface area contributed by atoms with Gasteiger partial charge in [0.2, 0.25) is 0 Å². The van der Waals surface area contributed by atoms with Gasteiger partial charge in [0.1, 0.15) is 0 Å². The number of hydrogen-bond acceptors (Lipinski definition) is 3. The molecule has 0 aliphatic carbocycles. The van der Waals surface area contributed by atoms with Gasteiger partial charge in [-0.1, -0.05) is 6.07 Å². The highest BCUT2D eigenvalue weighted by Crippen LogP contribution is 2.36. The summed E-state index contributed by atoms with van der Waals surface area (Å²) in [6.07, 6.45) is 0. The van der Waals surface area contributed by atoms with E-state index in [-0.39, 0.29) is 5.75 Å². The molecule has 1 fully saturated rings. The van der Waals surface area contributed by atoms with Crippen LogP contribution >= 0.6 is 0 Å². The largest absolute Gasteiger partial charge is 0.494 e. The highest BCUT2D eigenvalue weighted by Gasteiger charge is 2.51. The molecule has 0 saturated carbocycles. The fraction of sp³-hybridized carbons (Fsp3) is 0.571. The predicted octanol–water partition coefficient (Wildman–Crippen LogP) is 2.44. The molecule has 0 radical (unpaired) electrons. The van der Waals surface area contributed by atoms with Crippen LogP contribution in [0.4, 0.5) is 4.39 Å². The number of benzene rings is 1. The van der Waals surface area contributed by atoms with Crippen molar-refractivity contribution in [1.82, 2.24) is 0 Å². The quantitative estimate of drug-likeness (QED) is 0.769. The van der Waals surface area contributed by atoms with E-state index in [9.17, 15) is 4.39 Å². The highest BCUT2D eigenvalue weighted by atomic mass is 19.1. The molecule has 2 rings (SSSR count). The first-order chi connectivity index (χ1) is 8.68. The summed E-state index contributed by atoms with van der Waals surface area (Å²) in [7, 11) is 0.906. The second kappa shape index (κ2) is 4.49. The van der Waals surface area contributed by atoms with Crippen LogP contribution in [0.2, 0.25) is 0 Å². The molecule has 0 atom stereocenters. The van der Waals surface area contributed by atoms with Gasteiger partial charge in [-0.05, 0) is 51.7 Å². The predicted molar refractivity (Wildman–Crippen MR) is 73.4 cm³/mol. The molecule has 0 N–H and O–H groups in total. The fourth-order valence-corrected chi connectivity index (χ4v) is 2.13. The third kappa shape index (κ3) is 2.37. The first-order valence-corrected chi connectivity index (χ1v) is 6.37. The van der Waals surface area contributed by atoms with Crippen LogP contribution in [0.25, 0.3) is 0 Å². The molecule has 0 spiro atoms. The Kier molecular flexibility index (Phi) is 3.39. The van der Waals surface area contributed by atoms with E-state index in [1.54, 1.807) is 6.92 Å². The lowest BCUT2D eigenvalue weighted by Gasteiger charge is -2.32. The van der Waals surface area contributed by atoms with Gasteiger partial charge in [0.15, 0.2) is 11.6 Å². The van der Waals surface area contributed by atoms with Gasteiger partial charge in [-0.3, -0.25) is 0 Å². The van der Waals surface area contributed by atoms with Gasteiger partial charge in [-0.2, -0.15) is 0 Å². The molecule has 104 valence electrons. The van der Waals surface area contributed by atoms with Crippen molar-refractivity contribution in [3.8, 4) is 5.75 Å². The number of halogens is 1. The van der Waals surface area contributed by atoms with Gasteiger partial charge in [0.05, 0.1) is 18.3 Å². The molecule has 1 aromatic carbocycles. The summed E-state index contributed by atoms with van der Waals surface area (Å²) in [4.78, 5) is 0. The lowest BCUT2D eigenvalue weighted by Crippen LogP contribution is -2.41. The maximum absolute atomic E-state index is 13.9. The van der Waals surface area contributed by atoms with Crippen molar-refractivity contribution in [2.24, 2.45) is 0 Å². The fourth-order valence-electron chi connectivity index (χ4n) is 2.13. The summed E-state index contributed by atoms with van der Waals surface area (Å²) in [5, 5.41) is 0. The lowest BCUT2D eigenvalue weighted by atomic mass is 9.78. The van der Waals surface area contributed by atoms with Crippen LogP contribution in [0.15, 0.2) is 12.1 Å². The van der Waals surface area contributed by atoms with Crippen molar-refractivity contribution in [3.63, 3.8) is 0 Å². The summed E-state index contributed by atoms with van der Waals surface area (Å²) in [6, 6.07) is 3.25. The topological polar surface area (TPSA) is 27.7 Å². The van der Waals surface area contributed by atoms with Crippen molar-refractivity contribution in [2.45, 2.75) is 45.8 Å². The lowest BCUT2D eigenvalue weighted by molar-refractivity contribution is 0.00578. The average molecular weight is 266 g/mol. The molecule has 5 heteroatoms. The number of methoxy groups -OCH3 is 1. The van der Waals surface area contributed by atoms with Gasteiger partial charge < -0.3 is 14.0 Å². The van der Waals surface area contributed by atoms with Crippen LogP contribution in [0.5, 0.6) is 5.75 Å². The zero-order valence-corrected chi connectivity index (χ0v) is 12.3. The van der Waals surface area contributed by atoms with Gasteiger partial charge in [0, 0.05) is 0 Å². The Hall–Kier alpha value is -1.07. The molecule has 0 unspecified atom stereocenters. The van der Waals surface area contributed by atoms with Gasteiger partial charge in [-0.25, -0.2) is 4.39 Å². The minimum absolute atomic E-state index is 0.264. The van der Waals surface area contributed by atoms with E-state index in [0.29, 0.717) is 5.46 Å². The Morgan fingerprint density at radius 2 is 1.63 bits per heavy atom. The Labute approximate surface area is 114 Å². The normalized spacial score (nSPS) is 20.7. The first kappa shape index (κ1) is 14.3. The number of hydrogen-bond donors (Lipinski definition) is 0. The van der Waals surface area contributed by atoms with E-state index in [1.165, 1.54) is 13.2 Å². The Morgan fingerprint density at radius 1 is 1.11 bits per heavy atom. The van der Waals surface area contributed by atoms with E-state index in [1.807, 2.05) is 33.8 Å². The molecule has 1 aliphatic heterocycles. The minimum Gasteiger partial charge on any atom is -0.493 e. The second-order valence-corrected chi connectivity index (χ2v) is 5.94. The summed E-state index contributed by atoms with van der Waals surface area (Å²) >= 11 is 0. The molecule has 1 heterocycles. The molecule has 0 amide bonds. The maximum Gasteiger partial charge on any atom is 0.494 e. The van der Waals surface area contributed by atoms with Gasteiger partial charge >= 0.3 is 7.12 Å². The monoisotopic (exact) mass is 266 g/mol. The van der Waals surface area contributed by atoms with E-state index in [4.69, 9.17) is 14.0 Å². The van der Waals surface area contributed by atoms with Crippen molar-refractivity contribution in [1.29, 1.82) is 0 Å². The van der Waals surface area contributed by atoms with E-state index in [2.05, 4.69) is 0 Å². The summed E-state index contributed by atoms with van der Waals surface area (Å²) in [6.45, 7) is 9.69. The van der Waals surface area contributed by atoms with Crippen LogP contribution in [0, 0.1) is 12.7 Å². The third-order valence-corrected chi connectivity index (χ3v) is 3.98. The number of rotatable bonds is 2. The van der Waals surface area contributed by atoms with Crippen molar-refractivity contribution < 1.29 is 18.4 Å². The second-order valence-electron chi connectivity index (χ2n) is 5.94.